The van der Waals surface area contributed by atoms with Crippen LogP contribution in [-0.4, -0.2) is 25.8 Å². The molecule has 0 spiro atoms. The van der Waals surface area contributed by atoms with Crippen LogP contribution in [0.3, 0.4) is 0 Å². The van der Waals surface area contributed by atoms with Gasteiger partial charge < -0.3 is 9.47 Å². The molecule has 0 radical (unpaired) electrons. The summed E-state index contributed by atoms with van der Waals surface area (Å²) >= 11 is 0. The van der Waals surface area contributed by atoms with Crippen molar-refractivity contribution >= 4 is 5.97 Å². The number of rotatable bonds is 8. The normalized spacial score (nSPS) is 10.7. The van der Waals surface area contributed by atoms with Gasteiger partial charge in [-0.15, -0.1) is 0 Å². The molecule has 1 aromatic carbocycles. The summed E-state index contributed by atoms with van der Waals surface area (Å²) in [5, 5.41) is 0. The summed E-state index contributed by atoms with van der Waals surface area (Å²) in [7, 11) is 0. The van der Waals surface area contributed by atoms with Gasteiger partial charge >= 0.3 is 5.97 Å². The van der Waals surface area contributed by atoms with E-state index in [0.29, 0.717) is 19.8 Å². The molecule has 0 aliphatic carbocycles. The summed E-state index contributed by atoms with van der Waals surface area (Å²) in [4.78, 5) is 11.0. The lowest BCUT2D eigenvalue weighted by atomic mass is 10.1. The van der Waals surface area contributed by atoms with E-state index in [-0.39, 0.29) is 5.97 Å². The second-order valence-corrected chi connectivity index (χ2v) is 3.82. The fourth-order valence-electron chi connectivity index (χ4n) is 1.51. The Morgan fingerprint density at radius 2 is 2.06 bits per heavy atom. The molecule has 0 unspecified atom stereocenters. The van der Waals surface area contributed by atoms with Crippen molar-refractivity contribution in [2.45, 2.75) is 19.8 Å². The molecule has 0 saturated carbocycles. The first-order valence-electron chi connectivity index (χ1n) is 6.28. The summed E-state index contributed by atoms with van der Waals surface area (Å²) in [5.74, 6) is -0.314. The zero-order valence-electron chi connectivity index (χ0n) is 10.8. The van der Waals surface area contributed by atoms with E-state index in [2.05, 4.69) is 12.1 Å². The van der Waals surface area contributed by atoms with Crippen LogP contribution in [0.2, 0.25) is 0 Å². The van der Waals surface area contributed by atoms with Crippen LogP contribution in [0, 0.1) is 0 Å². The Bertz CT molecular complexity index is 357. The number of hydrogen-bond donors (Lipinski definition) is 0. The highest BCUT2D eigenvalue weighted by Crippen LogP contribution is 2.02. The van der Waals surface area contributed by atoms with Crippen LogP contribution >= 0.6 is 0 Å². The molecule has 1 aromatic rings. The van der Waals surface area contributed by atoms with Crippen LogP contribution in [0.15, 0.2) is 42.5 Å². The van der Waals surface area contributed by atoms with Gasteiger partial charge in [0, 0.05) is 12.7 Å². The zero-order chi connectivity index (χ0) is 13.1. The van der Waals surface area contributed by atoms with Crippen LogP contribution < -0.4 is 0 Å². The van der Waals surface area contributed by atoms with E-state index >= 15 is 0 Å². The Kier molecular flexibility index (Phi) is 7.57. The lowest BCUT2D eigenvalue weighted by Crippen LogP contribution is -2.01. The number of esters is 1. The first kappa shape index (κ1) is 14.5. The van der Waals surface area contributed by atoms with Crippen molar-refractivity contribution in [3.8, 4) is 0 Å². The molecule has 3 heteroatoms. The second kappa shape index (κ2) is 9.42. The monoisotopic (exact) mass is 248 g/mol. The standard InChI is InChI=1S/C15H20O3/c1-2-18-15(16)11-7-13-17-12-6-10-14-8-4-3-5-9-14/h3-5,7-9,11H,2,6,10,12-13H2,1H3/b11-7+. The van der Waals surface area contributed by atoms with Crippen LogP contribution in [0.1, 0.15) is 18.9 Å². The predicted molar refractivity (Wildman–Crippen MR) is 71.4 cm³/mol. The Morgan fingerprint density at radius 1 is 1.28 bits per heavy atom. The smallest absolute Gasteiger partial charge is 0.330 e. The number of hydrogen-bond acceptors (Lipinski definition) is 3. The van der Waals surface area contributed by atoms with Gasteiger partial charge in [0.2, 0.25) is 0 Å². The Balaban J connectivity index is 2.01. The van der Waals surface area contributed by atoms with E-state index in [4.69, 9.17) is 9.47 Å². The molecule has 0 atom stereocenters. The topological polar surface area (TPSA) is 35.5 Å². The third-order valence-corrected chi connectivity index (χ3v) is 2.35. The molecule has 3 nitrogen and oxygen atoms in total. The van der Waals surface area contributed by atoms with Crippen LogP contribution in [0.4, 0.5) is 0 Å². The maximum absolute atomic E-state index is 11.0. The highest BCUT2D eigenvalue weighted by Gasteiger charge is 1.93. The van der Waals surface area contributed by atoms with Crippen molar-refractivity contribution in [2.24, 2.45) is 0 Å². The van der Waals surface area contributed by atoms with Gasteiger partial charge in [-0.3, -0.25) is 0 Å². The van der Waals surface area contributed by atoms with Gasteiger partial charge in [-0.05, 0) is 25.3 Å². The minimum Gasteiger partial charge on any atom is -0.463 e. The largest absolute Gasteiger partial charge is 0.463 e. The highest BCUT2D eigenvalue weighted by molar-refractivity contribution is 5.81. The maximum atomic E-state index is 11.0. The first-order valence-corrected chi connectivity index (χ1v) is 6.28. The lowest BCUT2D eigenvalue weighted by molar-refractivity contribution is -0.137. The molecule has 0 N–H and O–H groups in total. The molecule has 0 fully saturated rings. The summed E-state index contributed by atoms with van der Waals surface area (Å²) < 4.78 is 10.1. The molecule has 0 bridgehead atoms. The van der Waals surface area contributed by atoms with Crippen LogP contribution in [0.5, 0.6) is 0 Å². The molecular weight excluding hydrogens is 228 g/mol. The second-order valence-electron chi connectivity index (χ2n) is 3.82. The van der Waals surface area contributed by atoms with Gasteiger partial charge in [0.1, 0.15) is 0 Å². The number of benzene rings is 1. The van der Waals surface area contributed by atoms with Gasteiger partial charge in [0.15, 0.2) is 0 Å². The molecule has 1 rings (SSSR count). The van der Waals surface area contributed by atoms with Gasteiger partial charge in [0.25, 0.3) is 0 Å². The molecule has 0 amide bonds. The van der Waals surface area contributed by atoms with Crippen LogP contribution in [0.25, 0.3) is 0 Å². The van der Waals surface area contributed by atoms with Gasteiger partial charge in [-0.1, -0.05) is 36.4 Å². The third-order valence-electron chi connectivity index (χ3n) is 2.35. The van der Waals surface area contributed by atoms with Gasteiger partial charge in [0.05, 0.1) is 13.2 Å². The van der Waals surface area contributed by atoms with E-state index in [1.807, 2.05) is 18.2 Å². The molecule has 0 aliphatic rings. The molecule has 0 saturated heterocycles. The highest BCUT2D eigenvalue weighted by atomic mass is 16.5. The fraction of sp³-hybridized carbons (Fsp3) is 0.400. The van der Waals surface area contributed by atoms with E-state index in [0.717, 1.165) is 12.8 Å². The molecule has 0 heterocycles. The number of aryl methyl sites for hydroxylation is 1. The van der Waals surface area contributed by atoms with E-state index in [9.17, 15) is 4.79 Å². The quantitative estimate of drug-likeness (QED) is 0.403. The molecule has 0 aliphatic heterocycles. The number of ether oxygens (including phenoxy) is 2. The first-order chi connectivity index (χ1) is 8.83. The Morgan fingerprint density at radius 3 is 2.78 bits per heavy atom. The van der Waals surface area contributed by atoms with Crippen LogP contribution in [-0.2, 0) is 20.7 Å². The summed E-state index contributed by atoms with van der Waals surface area (Å²) in [6, 6.07) is 10.3. The van der Waals surface area contributed by atoms with Gasteiger partial charge in [-0.2, -0.15) is 0 Å². The summed E-state index contributed by atoms with van der Waals surface area (Å²) in [6.07, 6.45) is 5.08. The van der Waals surface area contributed by atoms with Crippen molar-refractivity contribution in [3.05, 3.63) is 48.0 Å². The minimum absolute atomic E-state index is 0.314. The SMILES string of the molecule is CCOC(=O)/C=C/COCCCc1ccccc1. The molecule has 98 valence electrons. The van der Waals surface area contributed by atoms with Gasteiger partial charge in [-0.25, -0.2) is 4.79 Å². The van der Waals surface area contributed by atoms with Crippen molar-refractivity contribution in [3.63, 3.8) is 0 Å². The summed E-state index contributed by atoms with van der Waals surface area (Å²) in [6.45, 7) is 3.34. The molecule has 18 heavy (non-hydrogen) atoms. The average Bonchev–Trinajstić information content (AvgIpc) is 2.39. The van der Waals surface area contributed by atoms with E-state index in [1.165, 1.54) is 11.6 Å². The number of carbonyl (C=O) groups is 1. The van der Waals surface area contributed by atoms with Crippen molar-refractivity contribution in [1.82, 2.24) is 0 Å². The zero-order valence-corrected chi connectivity index (χ0v) is 10.8. The maximum Gasteiger partial charge on any atom is 0.330 e. The lowest BCUT2D eigenvalue weighted by Gasteiger charge is -2.02. The molecular formula is C15H20O3. The Labute approximate surface area is 108 Å². The third kappa shape index (κ3) is 6.86. The van der Waals surface area contributed by atoms with Crippen molar-refractivity contribution < 1.29 is 14.3 Å². The Hall–Kier alpha value is -1.61. The number of carbonyl (C=O) groups excluding carboxylic acids is 1. The van der Waals surface area contributed by atoms with Crippen molar-refractivity contribution in [1.29, 1.82) is 0 Å². The van der Waals surface area contributed by atoms with E-state index < -0.39 is 0 Å². The van der Waals surface area contributed by atoms with Crippen molar-refractivity contribution in [2.75, 3.05) is 19.8 Å². The average molecular weight is 248 g/mol. The summed E-state index contributed by atoms with van der Waals surface area (Å²) in [5.41, 5.74) is 1.32. The fourth-order valence-corrected chi connectivity index (χ4v) is 1.51. The minimum atomic E-state index is -0.314. The molecule has 0 aromatic heterocycles. The predicted octanol–water partition coefficient (Wildman–Crippen LogP) is 2.76. The van der Waals surface area contributed by atoms with E-state index in [1.54, 1.807) is 13.0 Å².